The quantitative estimate of drug-likeness (QED) is 0.667. The number of hydrogen-bond donors (Lipinski definition) is 3. The molecule has 1 amide bonds. The zero-order valence-electron chi connectivity index (χ0n) is 13.7. The van der Waals surface area contributed by atoms with Gasteiger partial charge in [-0.05, 0) is 49.4 Å². The Labute approximate surface area is 161 Å². The monoisotopic (exact) mass is 419 g/mol. The number of carboxylic acids is 1. The highest BCUT2D eigenvalue weighted by atomic mass is 35.5. The van der Waals surface area contributed by atoms with Crippen LogP contribution in [0.1, 0.15) is 17.3 Å². The lowest BCUT2D eigenvalue weighted by molar-refractivity contribution is -0.242. The van der Waals surface area contributed by atoms with Crippen molar-refractivity contribution >= 4 is 40.9 Å². The molecule has 0 aromatic heterocycles. The van der Waals surface area contributed by atoms with E-state index in [1.54, 1.807) is 12.1 Å². The summed E-state index contributed by atoms with van der Waals surface area (Å²) in [7, 11) is 0. The molecule has 0 saturated carbocycles. The summed E-state index contributed by atoms with van der Waals surface area (Å²) in [6.45, 7) is 0.348. The van der Waals surface area contributed by atoms with Gasteiger partial charge in [0.15, 0.2) is 0 Å². The molecule has 0 aliphatic carbocycles. The van der Waals surface area contributed by atoms with Gasteiger partial charge in [0.2, 0.25) is 5.60 Å². The van der Waals surface area contributed by atoms with Gasteiger partial charge in [-0.15, -0.1) is 0 Å². The van der Waals surface area contributed by atoms with Gasteiger partial charge in [0, 0.05) is 9.79 Å². The smallest absolute Gasteiger partial charge is 0.426 e. The molecule has 3 N–H and O–H groups in total. The first-order chi connectivity index (χ1) is 12.4. The maximum Gasteiger partial charge on any atom is 0.426 e. The topological polar surface area (TPSA) is 86.6 Å². The Morgan fingerprint density at radius 2 is 1.63 bits per heavy atom. The molecule has 0 aliphatic rings. The number of alkyl halides is 3. The van der Waals surface area contributed by atoms with Crippen LogP contribution in [-0.4, -0.2) is 33.9 Å². The molecule has 1 atom stereocenters. The van der Waals surface area contributed by atoms with E-state index in [2.05, 4.69) is 0 Å². The zero-order valence-corrected chi connectivity index (χ0v) is 15.2. The molecule has 5 nitrogen and oxygen atoms in total. The van der Waals surface area contributed by atoms with E-state index in [4.69, 9.17) is 16.7 Å². The predicted molar refractivity (Wildman–Crippen MR) is 94.3 cm³/mol. The van der Waals surface area contributed by atoms with Crippen molar-refractivity contribution < 1.29 is 33.0 Å². The minimum atomic E-state index is -5.14. The summed E-state index contributed by atoms with van der Waals surface area (Å²) < 4.78 is 38.1. The number of halogens is 4. The van der Waals surface area contributed by atoms with Crippen molar-refractivity contribution in [2.24, 2.45) is 0 Å². The van der Waals surface area contributed by atoms with Gasteiger partial charge in [0.1, 0.15) is 0 Å². The summed E-state index contributed by atoms with van der Waals surface area (Å²) in [6.07, 6.45) is -5.14. The van der Waals surface area contributed by atoms with Crippen molar-refractivity contribution in [1.29, 1.82) is 0 Å². The second kappa shape index (κ2) is 7.79. The molecule has 0 radical (unpaired) electrons. The lowest BCUT2D eigenvalue weighted by Gasteiger charge is -2.25. The number of carbonyl (C=O) groups excluding carboxylic acids is 1. The van der Waals surface area contributed by atoms with Crippen LogP contribution < -0.4 is 5.32 Å². The van der Waals surface area contributed by atoms with Crippen molar-refractivity contribution in [3.05, 3.63) is 53.1 Å². The summed E-state index contributed by atoms with van der Waals surface area (Å²) in [5.74, 6) is -2.70. The van der Waals surface area contributed by atoms with Gasteiger partial charge in [-0.1, -0.05) is 23.4 Å². The Morgan fingerprint density at radius 1 is 1.07 bits per heavy atom. The second-order valence-electron chi connectivity index (χ2n) is 5.60. The van der Waals surface area contributed by atoms with Crippen LogP contribution in [0.4, 0.5) is 18.9 Å². The normalized spacial score (nSPS) is 13.7. The molecule has 0 fully saturated rings. The van der Waals surface area contributed by atoms with Gasteiger partial charge < -0.3 is 15.5 Å². The van der Waals surface area contributed by atoms with Gasteiger partial charge >= 0.3 is 12.1 Å². The molecule has 2 aromatic rings. The SMILES string of the molecule is CC(O)(C(=O)Nc1ccc(Sc2ccc(C(=O)O)cc2)cc1Cl)C(F)(F)F. The average molecular weight is 420 g/mol. The number of carboxylic acid groups (broad SMARTS) is 1. The number of aliphatic hydroxyl groups is 1. The molecular weight excluding hydrogens is 407 g/mol. The van der Waals surface area contributed by atoms with E-state index < -0.39 is 23.7 Å². The highest BCUT2D eigenvalue weighted by molar-refractivity contribution is 7.99. The van der Waals surface area contributed by atoms with E-state index in [0.717, 1.165) is 0 Å². The predicted octanol–water partition coefficient (Wildman–Crippen LogP) is 4.44. The molecule has 2 rings (SSSR count). The number of amides is 1. The van der Waals surface area contributed by atoms with Gasteiger partial charge in [0.25, 0.3) is 5.91 Å². The first-order valence-corrected chi connectivity index (χ1v) is 8.52. The van der Waals surface area contributed by atoms with Gasteiger partial charge in [-0.25, -0.2) is 4.79 Å². The number of anilines is 1. The third-order valence-corrected chi connectivity index (χ3v) is 4.83. The van der Waals surface area contributed by atoms with Crippen molar-refractivity contribution in [3.8, 4) is 0 Å². The summed E-state index contributed by atoms with van der Waals surface area (Å²) in [5.41, 5.74) is -3.51. The maximum absolute atomic E-state index is 12.7. The molecule has 27 heavy (non-hydrogen) atoms. The van der Waals surface area contributed by atoms with Crippen molar-refractivity contribution in [3.63, 3.8) is 0 Å². The summed E-state index contributed by atoms with van der Waals surface area (Å²) in [5, 5.41) is 20.2. The second-order valence-corrected chi connectivity index (χ2v) is 7.15. The number of nitrogens with one attached hydrogen (secondary N) is 1. The van der Waals surface area contributed by atoms with Crippen LogP contribution in [0.25, 0.3) is 0 Å². The Hall–Kier alpha value is -2.23. The van der Waals surface area contributed by atoms with E-state index in [1.807, 2.05) is 5.32 Å². The van der Waals surface area contributed by atoms with Crippen LogP contribution in [0.3, 0.4) is 0 Å². The Kier molecular flexibility index (Phi) is 6.08. The lowest BCUT2D eigenvalue weighted by atomic mass is 10.1. The number of rotatable bonds is 5. The Bertz CT molecular complexity index is 869. The third-order valence-electron chi connectivity index (χ3n) is 3.52. The van der Waals surface area contributed by atoms with Crippen LogP contribution >= 0.6 is 23.4 Å². The van der Waals surface area contributed by atoms with Crippen LogP contribution in [-0.2, 0) is 4.79 Å². The van der Waals surface area contributed by atoms with Crippen LogP contribution in [0.2, 0.25) is 5.02 Å². The van der Waals surface area contributed by atoms with Crippen molar-refractivity contribution in [2.45, 2.75) is 28.5 Å². The fourth-order valence-electron chi connectivity index (χ4n) is 1.84. The Morgan fingerprint density at radius 3 is 2.11 bits per heavy atom. The first kappa shape index (κ1) is 21.1. The third kappa shape index (κ3) is 4.94. The van der Waals surface area contributed by atoms with Gasteiger partial charge in [0.05, 0.1) is 16.3 Å². The molecule has 0 spiro atoms. The summed E-state index contributed by atoms with van der Waals surface area (Å²) >= 11 is 7.24. The average Bonchev–Trinajstić information content (AvgIpc) is 2.56. The molecule has 144 valence electrons. The van der Waals surface area contributed by atoms with Crippen molar-refractivity contribution in [1.82, 2.24) is 0 Å². The van der Waals surface area contributed by atoms with Crippen LogP contribution in [0.5, 0.6) is 0 Å². The Balaban J connectivity index is 2.13. The fourth-order valence-corrected chi connectivity index (χ4v) is 2.98. The molecule has 0 heterocycles. The molecule has 0 aliphatic heterocycles. The van der Waals surface area contributed by atoms with Crippen LogP contribution in [0, 0.1) is 0 Å². The standard InChI is InChI=1S/C17H13ClF3NO4S/c1-16(26,17(19,20)21)15(25)22-13-7-6-11(8-12(13)18)27-10-4-2-9(3-5-10)14(23)24/h2-8,26H,1H3,(H,22,25)(H,23,24). The van der Waals surface area contributed by atoms with Crippen molar-refractivity contribution in [2.75, 3.05) is 5.32 Å². The van der Waals surface area contributed by atoms with E-state index in [1.165, 1.54) is 42.1 Å². The highest BCUT2D eigenvalue weighted by Gasteiger charge is 2.55. The van der Waals surface area contributed by atoms with E-state index in [9.17, 15) is 27.9 Å². The summed E-state index contributed by atoms with van der Waals surface area (Å²) in [4.78, 5) is 23.9. The number of aromatic carboxylic acids is 1. The van der Waals surface area contributed by atoms with E-state index >= 15 is 0 Å². The van der Waals surface area contributed by atoms with Gasteiger partial charge in [-0.3, -0.25) is 4.79 Å². The molecule has 0 saturated heterocycles. The molecular formula is C17H13ClF3NO4S. The molecule has 2 aromatic carbocycles. The van der Waals surface area contributed by atoms with Gasteiger partial charge in [-0.2, -0.15) is 13.2 Å². The van der Waals surface area contributed by atoms with Crippen LogP contribution in [0.15, 0.2) is 52.3 Å². The number of carbonyl (C=O) groups is 2. The minimum absolute atomic E-state index is 0.0199. The first-order valence-electron chi connectivity index (χ1n) is 7.33. The maximum atomic E-state index is 12.7. The highest BCUT2D eigenvalue weighted by Crippen LogP contribution is 2.35. The number of benzene rings is 2. The molecule has 1 unspecified atom stereocenters. The van der Waals surface area contributed by atoms with E-state index in [0.29, 0.717) is 16.7 Å². The largest absolute Gasteiger partial charge is 0.478 e. The minimum Gasteiger partial charge on any atom is -0.478 e. The lowest BCUT2D eigenvalue weighted by Crippen LogP contribution is -2.52. The zero-order chi connectivity index (χ0) is 20.4. The fraction of sp³-hybridized carbons (Fsp3) is 0.176. The molecule has 0 bridgehead atoms. The number of hydrogen-bond acceptors (Lipinski definition) is 4. The van der Waals surface area contributed by atoms with E-state index in [-0.39, 0.29) is 16.3 Å². The molecule has 10 heteroatoms. The summed E-state index contributed by atoms with van der Waals surface area (Å²) in [6, 6.07) is 10.3.